The van der Waals surface area contributed by atoms with E-state index in [1.807, 2.05) is 6.08 Å². The minimum atomic E-state index is -0.852. The third-order valence-electron chi connectivity index (χ3n) is 13.4. The second-order valence-electron chi connectivity index (χ2n) is 20.0. The van der Waals surface area contributed by atoms with Crippen LogP contribution in [-0.4, -0.2) is 47.4 Å². The molecular weight excluding hydrogens is 815 g/mol. The molecule has 66 heavy (non-hydrogen) atoms. The molecule has 0 spiro atoms. The van der Waals surface area contributed by atoms with Gasteiger partial charge in [0.05, 0.1) is 25.4 Å². The fraction of sp³-hybridized carbons (Fsp3) is 0.867. The number of rotatable bonds is 54. The molecule has 1 amide bonds. The molecular formula is C60H113NO5. The third kappa shape index (κ3) is 51.5. The lowest BCUT2D eigenvalue weighted by atomic mass is 10.0. The molecule has 0 aromatic carbocycles. The minimum Gasteiger partial charge on any atom is -0.466 e. The summed E-state index contributed by atoms with van der Waals surface area (Å²) < 4.78 is 5.48. The Labute approximate surface area is 411 Å². The SMILES string of the molecule is CCCCCC/C=C\C/C=C\CCCCCCCCCC(=O)OCCCCCCCCCCCCCCCCC(=O)NC(CO)C(O)/C=C/CCCCCCCCCCCCCCCCC. The van der Waals surface area contributed by atoms with Crippen LogP contribution in [0.3, 0.4) is 0 Å². The number of nitrogens with one attached hydrogen (secondary N) is 1. The minimum absolute atomic E-state index is 0.0107. The topological polar surface area (TPSA) is 95.9 Å². The predicted octanol–water partition coefficient (Wildman–Crippen LogP) is 18.0. The first-order valence-corrected chi connectivity index (χ1v) is 29.3. The molecule has 0 saturated heterocycles. The maximum absolute atomic E-state index is 12.5. The maximum atomic E-state index is 12.5. The van der Waals surface area contributed by atoms with E-state index in [9.17, 15) is 19.8 Å². The Morgan fingerprint density at radius 3 is 1.17 bits per heavy atom. The Kier molecular flexibility index (Phi) is 54.1. The lowest BCUT2D eigenvalue weighted by Gasteiger charge is -2.20. The zero-order valence-corrected chi connectivity index (χ0v) is 44.2. The van der Waals surface area contributed by atoms with Gasteiger partial charge in [-0.1, -0.05) is 269 Å². The van der Waals surface area contributed by atoms with Crippen LogP contribution >= 0.6 is 0 Å². The van der Waals surface area contributed by atoms with Crippen LogP contribution in [0.1, 0.15) is 309 Å². The number of ether oxygens (including phenoxy) is 1. The van der Waals surface area contributed by atoms with Gasteiger partial charge in [-0.25, -0.2) is 0 Å². The van der Waals surface area contributed by atoms with Gasteiger partial charge >= 0.3 is 5.97 Å². The molecule has 388 valence electrons. The number of esters is 1. The highest BCUT2D eigenvalue weighted by Gasteiger charge is 2.18. The van der Waals surface area contributed by atoms with E-state index in [2.05, 4.69) is 43.5 Å². The van der Waals surface area contributed by atoms with Crippen molar-refractivity contribution >= 4 is 11.9 Å². The van der Waals surface area contributed by atoms with Crippen molar-refractivity contribution in [1.29, 1.82) is 0 Å². The number of carbonyl (C=O) groups is 2. The molecule has 6 nitrogen and oxygen atoms in total. The van der Waals surface area contributed by atoms with Crippen LogP contribution in [0, 0.1) is 0 Å². The first-order chi connectivity index (χ1) is 32.5. The van der Waals surface area contributed by atoms with Crippen molar-refractivity contribution in [3.8, 4) is 0 Å². The van der Waals surface area contributed by atoms with Crippen LogP contribution in [-0.2, 0) is 14.3 Å². The zero-order chi connectivity index (χ0) is 47.9. The average molecular weight is 929 g/mol. The largest absolute Gasteiger partial charge is 0.466 e. The Bertz CT molecular complexity index is 1070. The summed E-state index contributed by atoms with van der Waals surface area (Å²) >= 11 is 0. The van der Waals surface area contributed by atoms with Gasteiger partial charge in [0.1, 0.15) is 0 Å². The molecule has 0 saturated carbocycles. The van der Waals surface area contributed by atoms with Crippen LogP contribution in [0.4, 0.5) is 0 Å². The number of allylic oxidation sites excluding steroid dienone is 5. The molecule has 6 heteroatoms. The Morgan fingerprint density at radius 2 is 0.758 bits per heavy atom. The standard InChI is InChI=1S/C60H113NO5/c1-3-5-7-9-11-13-15-17-19-21-23-25-30-34-38-42-46-50-54-60(65)66-55-51-47-43-39-35-31-27-26-29-33-37-41-45-49-53-59(64)61-57(56-62)58(63)52-48-44-40-36-32-28-24-22-20-18-16-14-12-10-8-6-4-2/h13,15,19,21,48,52,57-58,62-63H,3-12,14,16-18,20,22-47,49-51,53-56H2,1-2H3,(H,61,64)/b15-13-,21-19-,52-48+. The van der Waals surface area contributed by atoms with E-state index >= 15 is 0 Å². The van der Waals surface area contributed by atoms with E-state index in [1.165, 1.54) is 218 Å². The number of unbranched alkanes of at least 4 members (excludes halogenated alkanes) is 39. The summed E-state index contributed by atoms with van der Waals surface area (Å²) in [7, 11) is 0. The second kappa shape index (κ2) is 55.7. The van der Waals surface area contributed by atoms with Gasteiger partial charge in [0, 0.05) is 12.8 Å². The molecule has 0 radical (unpaired) electrons. The van der Waals surface area contributed by atoms with Crippen molar-refractivity contribution in [3.05, 3.63) is 36.5 Å². The number of amides is 1. The molecule has 0 bridgehead atoms. The fourth-order valence-electron chi connectivity index (χ4n) is 8.90. The van der Waals surface area contributed by atoms with Crippen molar-refractivity contribution in [3.63, 3.8) is 0 Å². The molecule has 0 aliphatic carbocycles. The molecule has 0 aromatic rings. The summed E-state index contributed by atoms with van der Waals surface area (Å²) in [6.45, 7) is 4.87. The molecule has 0 fully saturated rings. The summed E-state index contributed by atoms with van der Waals surface area (Å²) in [4.78, 5) is 24.5. The van der Waals surface area contributed by atoms with Crippen LogP contribution in [0.5, 0.6) is 0 Å². The van der Waals surface area contributed by atoms with E-state index in [-0.39, 0.29) is 18.5 Å². The lowest BCUT2D eigenvalue weighted by Crippen LogP contribution is -2.45. The van der Waals surface area contributed by atoms with E-state index in [0.29, 0.717) is 19.4 Å². The molecule has 0 heterocycles. The van der Waals surface area contributed by atoms with Crippen LogP contribution in [0.15, 0.2) is 36.5 Å². The number of hydrogen-bond acceptors (Lipinski definition) is 5. The van der Waals surface area contributed by atoms with Crippen LogP contribution in [0.2, 0.25) is 0 Å². The van der Waals surface area contributed by atoms with Gasteiger partial charge in [0.25, 0.3) is 0 Å². The van der Waals surface area contributed by atoms with Gasteiger partial charge in [-0.2, -0.15) is 0 Å². The number of aliphatic hydroxyl groups excluding tert-OH is 2. The van der Waals surface area contributed by atoms with Crippen molar-refractivity contribution < 1.29 is 24.5 Å². The number of carbonyl (C=O) groups excluding carboxylic acids is 2. The Hall–Kier alpha value is -1.92. The van der Waals surface area contributed by atoms with Crippen molar-refractivity contribution in [2.24, 2.45) is 0 Å². The van der Waals surface area contributed by atoms with Gasteiger partial charge in [-0.05, 0) is 64.2 Å². The van der Waals surface area contributed by atoms with Crippen molar-refractivity contribution in [2.45, 2.75) is 321 Å². The molecule has 3 N–H and O–H groups in total. The van der Waals surface area contributed by atoms with Gasteiger partial charge in [-0.15, -0.1) is 0 Å². The van der Waals surface area contributed by atoms with E-state index in [1.54, 1.807) is 6.08 Å². The molecule has 0 rings (SSSR count). The quantitative estimate of drug-likeness (QED) is 0.0321. The van der Waals surface area contributed by atoms with Crippen molar-refractivity contribution in [1.82, 2.24) is 5.32 Å². The Balaban J connectivity index is 3.47. The first-order valence-electron chi connectivity index (χ1n) is 29.3. The second-order valence-corrected chi connectivity index (χ2v) is 20.0. The van der Waals surface area contributed by atoms with Crippen LogP contribution < -0.4 is 5.32 Å². The number of aliphatic hydroxyl groups is 2. The fourth-order valence-corrected chi connectivity index (χ4v) is 8.90. The summed E-state index contributed by atoms with van der Waals surface area (Å²) in [6, 6.07) is -0.637. The monoisotopic (exact) mass is 928 g/mol. The van der Waals surface area contributed by atoms with Gasteiger partial charge in [0.15, 0.2) is 0 Å². The normalized spacial score (nSPS) is 12.8. The number of hydrogen-bond donors (Lipinski definition) is 3. The molecule has 0 aliphatic rings. The third-order valence-corrected chi connectivity index (χ3v) is 13.4. The summed E-state index contributed by atoms with van der Waals surface area (Å²) in [5, 5.41) is 23.1. The maximum Gasteiger partial charge on any atom is 0.305 e. The summed E-state index contributed by atoms with van der Waals surface area (Å²) in [5.74, 6) is -0.0882. The molecule has 0 aromatic heterocycles. The lowest BCUT2D eigenvalue weighted by molar-refractivity contribution is -0.143. The van der Waals surface area contributed by atoms with Crippen LogP contribution in [0.25, 0.3) is 0 Å². The highest BCUT2D eigenvalue weighted by Crippen LogP contribution is 2.17. The summed E-state index contributed by atoms with van der Waals surface area (Å²) in [5.41, 5.74) is 0. The van der Waals surface area contributed by atoms with E-state index in [0.717, 1.165) is 64.2 Å². The first kappa shape index (κ1) is 64.1. The van der Waals surface area contributed by atoms with Gasteiger partial charge < -0.3 is 20.3 Å². The molecule has 2 unspecified atom stereocenters. The average Bonchev–Trinajstić information content (AvgIpc) is 3.32. The van der Waals surface area contributed by atoms with Crippen molar-refractivity contribution in [2.75, 3.05) is 13.2 Å². The highest BCUT2D eigenvalue weighted by molar-refractivity contribution is 5.76. The predicted molar refractivity (Wildman–Crippen MR) is 287 cm³/mol. The summed E-state index contributed by atoms with van der Waals surface area (Å²) in [6.07, 6.45) is 68.7. The molecule has 2 atom stereocenters. The smallest absolute Gasteiger partial charge is 0.305 e. The van der Waals surface area contributed by atoms with E-state index < -0.39 is 12.1 Å². The van der Waals surface area contributed by atoms with E-state index in [4.69, 9.17) is 4.74 Å². The van der Waals surface area contributed by atoms with Gasteiger partial charge in [0.2, 0.25) is 5.91 Å². The Morgan fingerprint density at radius 1 is 0.424 bits per heavy atom. The molecule has 0 aliphatic heterocycles. The highest BCUT2D eigenvalue weighted by atomic mass is 16.5. The zero-order valence-electron chi connectivity index (χ0n) is 44.2. The van der Waals surface area contributed by atoms with Gasteiger partial charge in [-0.3, -0.25) is 9.59 Å².